The van der Waals surface area contributed by atoms with Gasteiger partial charge in [0, 0.05) is 16.9 Å². The first-order chi connectivity index (χ1) is 14.0. The lowest BCUT2D eigenvalue weighted by Gasteiger charge is -2.38. The normalized spacial score (nSPS) is 15.4. The predicted octanol–water partition coefficient (Wildman–Crippen LogP) is 2.89. The smallest absolute Gasteiger partial charge is 0.262 e. The summed E-state index contributed by atoms with van der Waals surface area (Å²) in [6.07, 6.45) is -0.571. The minimum atomic E-state index is -1.31. The molecule has 0 unspecified atom stereocenters. The number of para-hydroxylation sites is 2. The summed E-state index contributed by atoms with van der Waals surface area (Å²) in [7, 11) is 0. The Bertz CT molecular complexity index is 1060. The van der Waals surface area contributed by atoms with Gasteiger partial charge in [0.2, 0.25) is 0 Å². The highest BCUT2D eigenvalue weighted by atomic mass is 16.5. The summed E-state index contributed by atoms with van der Waals surface area (Å²) in [5, 5.41) is 14.3. The third kappa shape index (κ3) is 3.65. The second-order valence-electron chi connectivity index (χ2n) is 6.80. The summed E-state index contributed by atoms with van der Waals surface area (Å²) < 4.78 is 5.44. The van der Waals surface area contributed by atoms with Crippen molar-refractivity contribution in [2.75, 3.05) is 16.8 Å². The van der Waals surface area contributed by atoms with Crippen molar-refractivity contribution < 1.29 is 19.4 Å². The van der Waals surface area contributed by atoms with Crippen LogP contribution in [0.25, 0.3) is 0 Å². The van der Waals surface area contributed by atoms with E-state index < -0.39 is 18.7 Å². The lowest BCUT2D eigenvalue weighted by Crippen LogP contribution is -2.43. The van der Waals surface area contributed by atoms with E-state index in [9.17, 15) is 14.7 Å². The molecule has 1 amide bonds. The largest absolute Gasteiger partial charge is 0.546 e. The summed E-state index contributed by atoms with van der Waals surface area (Å²) in [6, 6.07) is 22.0. The standard InChI is InChI=1S/C23H20N2O4/c1-15-10-12-16(13-11-15)25-22(24-19-8-4-2-6-17(19)23(25)28)18-7-3-5-9-20(18)29-14-21(26)27/h2-13,22,24H,14H2,1H3,(H,26,27)/p-1/t22-/m0/s1. The first-order valence-corrected chi connectivity index (χ1v) is 9.22. The molecule has 146 valence electrons. The molecule has 0 saturated heterocycles. The molecule has 1 atom stereocenters. The van der Waals surface area contributed by atoms with Crippen molar-refractivity contribution in [2.45, 2.75) is 13.1 Å². The van der Waals surface area contributed by atoms with Crippen molar-refractivity contribution in [2.24, 2.45) is 0 Å². The molecule has 3 aromatic carbocycles. The molecule has 1 aliphatic heterocycles. The molecule has 4 rings (SSSR count). The Hall–Kier alpha value is -3.80. The van der Waals surface area contributed by atoms with E-state index in [0.717, 1.165) is 11.3 Å². The summed E-state index contributed by atoms with van der Waals surface area (Å²) in [5.41, 5.74) is 3.73. The molecular formula is C23H19N2O4-. The topological polar surface area (TPSA) is 81.7 Å². The van der Waals surface area contributed by atoms with Crippen molar-refractivity contribution in [3.63, 3.8) is 0 Å². The molecule has 0 fully saturated rings. The number of hydrogen-bond donors (Lipinski definition) is 1. The molecule has 1 aliphatic rings. The van der Waals surface area contributed by atoms with Crippen LogP contribution in [-0.2, 0) is 4.79 Å². The van der Waals surface area contributed by atoms with Gasteiger partial charge in [0.15, 0.2) is 0 Å². The molecule has 0 saturated carbocycles. The Morgan fingerprint density at radius 2 is 1.72 bits per heavy atom. The maximum atomic E-state index is 13.4. The Morgan fingerprint density at radius 1 is 1.03 bits per heavy atom. The van der Waals surface area contributed by atoms with Crippen LogP contribution < -0.4 is 20.1 Å². The second-order valence-corrected chi connectivity index (χ2v) is 6.80. The van der Waals surface area contributed by atoms with Gasteiger partial charge in [-0.1, -0.05) is 48.0 Å². The molecule has 0 aliphatic carbocycles. The van der Waals surface area contributed by atoms with Crippen LogP contribution in [-0.4, -0.2) is 18.5 Å². The van der Waals surface area contributed by atoms with E-state index in [1.54, 1.807) is 23.1 Å². The quantitative estimate of drug-likeness (QED) is 0.728. The summed E-state index contributed by atoms with van der Waals surface area (Å²) in [6.45, 7) is 1.41. The third-order valence-corrected chi connectivity index (χ3v) is 4.80. The zero-order valence-electron chi connectivity index (χ0n) is 15.8. The van der Waals surface area contributed by atoms with Gasteiger partial charge in [-0.15, -0.1) is 0 Å². The van der Waals surface area contributed by atoms with Gasteiger partial charge in [-0.05, 0) is 37.3 Å². The number of carbonyl (C=O) groups is 2. The average molecular weight is 387 g/mol. The van der Waals surface area contributed by atoms with Crippen LogP contribution in [0.3, 0.4) is 0 Å². The number of ether oxygens (including phenoxy) is 1. The molecule has 0 radical (unpaired) electrons. The van der Waals surface area contributed by atoms with E-state index in [4.69, 9.17) is 4.74 Å². The van der Waals surface area contributed by atoms with Gasteiger partial charge in [-0.3, -0.25) is 9.69 Å². The molecular weight excluding hydrogens is 368 g/mol. The fourth-order valence-electron chi connectivity index (χ4n) is 3.42. The Labute approximate surface area is 168 Å². The summed E-state index contributed by atoms with van der Waals surface area (Å²) >= 11 is 0. The number of amides is 1. The van der Waals surface area contributed by atoms with Gasteiger partial charge >= 0.3 is 0 Å². The van der Waals surface area contributed by atoms with Crippen LogP contribution in [0.2, 0.25) is 0 Å². The highest BCUT2D eigenvalue weighted by molar-refractivity contribution is 6.12. The number of benzene rings is 3. The zero-order valence-corrected chi connectivity index (χ0v) is 15.8. The fraction of sp³-hybridized carbons (Fsp3) is 0.130. The maximum absolute atomic E-state index is 13.4. The van der Waals surface area contributed by atoms with Gasteiger partial charge < -0.3 is 20.0 Å². The summed E-state index contributed by atoms with van der Waals surface area (Å²) in [5.74, 6) is -1.09. The molecule has 6 nitrogen and oxygen atoms in total. The number of carbonyl (C=O) groups excluding carboxylic acids is 2. The number of anilines is 2. The Kier molecular flexibility index (Phi) is 4.91. The number of aliphatic carboxylic acids is 1. The number of nitrogens with zero attached hydrogens (tertiary/aromatic N) is 1. The summed E-state index contributed by atoms with van der Waals surface area (Å²) in [4.78, 5) is 25.9. The van der Waals surface area contributed by atoms with E-state index in [2.05, 4.69) is 5.32 Å². The molecule has 1 N–H and O–H groups in total. The number of rotatable bonds is 5. The minimum Gasteiger partial charge on any atom is -0.546 e. The van der Waals surface area contributed by atoms with Crippen molar-refractivity contribution in [3.8, 4) is 5.75 Å². The van der Waals surface area contributed by atoms with Crippen molar-refractivity contribution in [1.82, 2.24) is 0 Å². The molecule has 3 aromatic rings. The van der Waals surface area contributed by atoms with Crippen molar-refractivity contribution in [3.05, 3.63) is 89.5 Å². The van der Waals surface area contributed by atoms with Crippen molar-refractivity contribution in [1.29, 1.82) is 0 Å². The van der Waals surface area contributed by atoms with Crippen LogP contribution in [0.4, 0.5) is 11.4 Å². The predicted molar refractivity (Wildman–Crippen MR) is 108 cm³/mol. The second kappa shape index (κ2) is 7.67. The van der Waals surface area contributed by atoms with Crippen LogP contribution in [0.15, 0.2) is 72.8 Å². The van der Waals surface area contributed by atoms with E-state index >= 15 is 0 Å². The van der Waals surface area contributed by atoms with E-state index in [-0.39, 0.29) is 5.91 Å². The number of aryl methyl sites for hydroxylation is 1. The van der Waals surface area contributed by atoms with E-state index in [1.807, 2.05) is 61.5 Å². The Balaban J connectivity index is 1.82. The lowest BCUT2D eigenvalue weighted by atomic mass is 10.0. The minimum absolute atomic E-state index is 0.150. The van der Waals surface area contributed by atoms with Gasteiger partial charge in [0.25, 0.3) is 5.91 Å². The van der Waals surface area contributed by atoms with Crippen LogP contribution in [0.1, 0.15) is 27.7 Å². The first kappa shape index (κ1) is 18.6. The van der Waals surface area contributed by atoms with Crippen molar-refractivity contribution >= 4 is 23.3 Å². The number of carboxylic acid groups (broad SMARTS) is 1. The maximum Gasteiger partial charge on any atom is 0.262 e. The number of hydrogen-bond acceptors (Lipinski definition) is 5. The fourth-order valence-corrected chi connectivity index (χ4v) is 3.42. The zero-order chi connectivity index (χ0) is 20.4. The molecule has 0 bridgehead atoms. The van der Waals surface area contributed by atoms with Gasteiger partial charge in [0.1, 0.15) is 18.5 Å². The van der Waals surface area contributed by atoms with Gasteiger partial charge in [-0.2, -0.15) is 0 Å². The highest BCUT2D eigenvalue weighted by Crippen LogP contribution is 2.39. The third-order valence-electron chi connectivity index (χ3n) is 4.80. The monoisotopic (exact) mass is 387 g/mol. The van der Waals surface area contributed by atoms with Crippen LogP contribution >= 0.6 is 0 Å². The first-order valence-electron chi connectivity index (χ1n) is 9.22. The highest BCUT2D eigenvalue weighted by Gasteiger charge is 2.35. The van der Waals surface area contributed by atoms with Gasteiger partial charge in [-0.25, -0.2) is 0 Å². The lowest BCUT2D eigenvalue weighted by molar-refractivity contribution is -0.307. The molecule has 29 heavy (non-hydrogen) atoms. The molecule has 1 heterocycles. The van der Waals surface area contributed by atoms with E-state index in [1.165, 1.54) is 0 Å². The molecule has 0 aromatic heterocycles. The van der Waals surface area contributed by atoms with Crippen LogP contribution in [0, 0.1) is 6.92 Å². The molecule has 0 spiro atoms. The number of fused-ring (bicyclic) bond motifs is 1. The number of carboxylic acids is 1. The SMILES string of the molecule is Cc1ccc(N2C(=O)c3ccccc3N[C@@H]2c2ccccc2OCC(=O)[O-])cc1. The number of nitrogens with one attached hydrogen (secondary N) is 1. The average Bonchev–Trinajstić information content (AvgIpc) is 2.73. The molecule has 6 heteroatoms. The van der Waals surface area contributed by atoms with E-state index in [0.29, 0.717) is 22.6 Å². The van der Waals surface area contributed by atoms with Gasteiger partial charge in [0.05, 0.1) is 11.5 Å². The van der Waals surface area contributed by atoms with Crippen LogP contribution in [0.5, 0.6) is 5.75 Å². The Morgan fingerprint density at radius 3 is 2.48 bits per heavy atom.